The fourth-order valence-electron chi connectivity index (χ4n) is 15.3. The predicted octanol–water partition coefficient (Wildman–Crippen LogP) is 11.3. The molecule has 0 saturated carbocycles. The molecule has 3 unspecified atom stereocenters. The van der Waals surface area contributed by atoms with E-state index in [-0.39, 0.29) is 62.5 Å². The van der Waals surface area contributed by atoms with Crippen LogP contribution in [0.15, 0.2) is 149 Å². The number of aliphatic imine (C=N–C) groups is 3. The lowest BCUT2D eigenvalue weighted by Gasteiger charge is -2.17. The van der Waals surface area contributed by atoms with Gasteiger partial charge in [-0.3, -0.25) is 57.5 Å². The second kappa shape index (κ2) is 38.8. The molecule has 3 aliphatic rings. The maximum absolute atomic E-state index is 13.5. The van der Waals surface area contributed by atoms with Crippen LogP contribution in [0.1, 0.15) is 95.9 Å². The molecule has 0 saturated heterocycles. The van der Waals surface area contributed by atoms with E-state index in [9.17, 15) is 14.4 Å². The molecule has 638 valence electrons. The smallest absolute Gasteiger partial charge is 0.245 e. The molecule has 9 heterocycles. The highest BCUT2D eigenvalue weighted by Gasteiger charge is 2.32. The Morgan fingerprint density at radius 3 is 1.31 bits per heavy atom. The minimum atomic E-state index is -0.374. The molecule has 3 amide bonds. The first-order valence-electron chi connectivity index (χ1n) is 41.8. The number of hydrogen-bond acceptors (Lipinski definition) is 25. The third kappa shape index (κ3) is 19.6. The van der Waals surface area contributed by atoms with Crippen molar-refractivity contribution in [1.82, 2.24) is 103 Å². The van der Waals surface area contributed by atoms with Gasteiger partial charge in [0, 0.05) is 182 Å². The maximum atomic E-state index is 13.5. The first kappa shape index (κ1) is 85.0. The number of aromatic nitrogens is 18. The van der Waals surface area contributed by atoms with Gasteiger partial charge in [0.2, 0.25) is 35.6 Å². The summed E-state index contributed by atoms with van der Waals surface area (Å²) in [5.74, 6) is 1.97. The molecule has 9 aromatic heterocycles. The lowest BCUT2D eigenvalue weighted by Crippen LogP contribution is -2.33. The summed E-state index contributed by atoms with van der Waals surface area (Å²) in [6, 6.07) is 30.1. The Labute approximate surface area is 718 Å². The number of anilines is 6. The minimum Gasteiger partial charge on any atom is -0.378 e. The molecule has 0 spiro atoms. The van der Waals surface area contributed by atoms with Gasteiger partial charge in [0.25, 0.3) is 0 Å². The van der Waals surface area contributed by atoms with Crippen LogP contribution in [0.3, 0.4) is 0 Å². The first-order chi connectivity index (χ1) is 60.3. The van der Waals surface area contributed by atoms with Crippen LogP contribution in [-0.4, -0.2) is 233 Å². The Morgan fingerprint density at radius 2 is 0.895 bits per heavy atom. The second-order valence-corrected chi connectivity index (χ2v) is 31.4. The van der Waals surface area contributed by atoms with Crippen molar-refractivity contribution in [1.29, 1.82) is 10.8 Å². The van der Waals surface area contributed by atoms with Crippen molar-refractivity contribution in [2.45, 2.75) is 104 Å². The van der Waals surface area contributed by atoms with Crippen molar-refractivity contribution < 1.29 is 23.9 Å². The van der Waals surface area contributed by atoms with Crippen LogP contribution in [0.2, 0.25) is 0 Å². The first-order valence-corrected chi connectivity index (χ1v) is 41.8. The van der Waals surface area contributed by atoms with Gasteiger partial charge in [-0.25, -0.2) is 29.9 Å². The fourth-order valence-corrected chi connectivity index (χ4v) is 15.3. The zero-order chi connectivity index (χ0) is 86.5. The topological polar surface area (TPSA) is 385 Å². The summed E-state index contributed by atoms with van der Waals surface area (Å²) in [5, 5.41) is 54.6. The molecule has 124 heavy (non-hydrogen) atoms. The number of nitrogens with one attached hydrogen (secondary N) is 5. The predicted molar refractivity (Wildman–Crippen MR) is 479 cm³/mol. The van der Waals surface area contributed by atoms with Crippen molar-refractivity contribution in [2.24, 2.45) is 42.0 Å². The molecule has 34 heteroatoms. The maximum Gasteiger partial charge on any atom is 0.245 e. The van der Waals surface area contributed by atoms with E-state index in [1.165, 1.54) is 22.2 Å². The van der Waals surface area contributed by atoms with E-state index in [4.69, 9.17) is 60.5 Å². The number of ether oxygens (including phenoxy) is 2. The summed E-state index contributed by atoms with van der Waals surface area (Å²) in [4.78, 5) is 86.7. The second-order valence-electron chi connectivity index (χ2n) is 31.4. The largest absolute Gasteiger partial charge is 0.378 e. The third-order valence-electron chi connectivity index (χ3n) is 22.2. The van der Waals surface area contributed by atoms with Crippen LogP contribution in [0.25, 0.3) is 73.1 Å². The van der Waals surface area contributed by atoms with E-state index in [1.807, 2.05) is 103 Å². The molecule has 0 aliphatic heterocycles. The highest BCUT2D eigenvalue weighted by atomic mass is 16.5. The number of allylic oxidation sites excluding steroid dienone is 2. The molecule has 3 atom stereocenters. The van der Waals surface area contributed by atoms with E-state index >= 15 is 0 Å². The highest BCUT2D eigenvalue weighted by molar-refractivity contribution is 6.10. The average molecular weight is 1670 g/mol. The Kier molecular flexibility index (Phi) is 26.6. The van der Waals surface area contributed by atoms with Gasteiger partial charge in [0.15, 0.2) is 17.5 Å². The van der Waals surface area contributed by atoms with Crippen LogP contribution < -0.4 is 16.0 Å². The summed E-state index contributed by atoms with van der Waals surface area (Å²) < 4.78 is 22.3. The van der Waals surface area contributed by atoms with Gasteiger partial charge in [-0.15, -0.1) is 0 Å². The summed E-state index contributed by atoms with van der Waals surface area (Å²) in [6.07, 6.45) is 27.8. The van der Waals surface area contributed by atoms with Gasteiger partial charge < -0.3 is 50.9 Å². The SMILES string of the molecule is CCCN=CC(C=N)c1ccc(-c2c3c(nn2C)CCc2cnc(Nc4ccn(CC(=O)N(C)CCOCCN=C/C(=C\C(C)CC)c5ccc(-c6c7c(nn6C)CCc6cnc(Nc8ccn(CC(=O)N(C)COCCN=CC(C=N)c9ccc(-c%10c%11c(nn%10C)CCc%10cnc(Nc%12ccn(CC(=O)N(C)C)n%12)nc%10-%11)cc9)n8)nc6-7)cc5)n4)nc2-3)cc1. The monoisotopic (exact) mass is 1670 g/mol. The molecule has 0 fully saturated rings. The summed E-state index contributed by atoms with van der Waals surface area (Å²) in [5.41, 5.74) is 20.9. The molecule has 15 rings (SSSR count). The molecule has 3 aliphatic carbocycles. The number of rotatable bonds is 38. The number of fused-ring (bicyclic) bond motifs is 9. The Balaban J connectivity index is 0.493. The van der Waals surface area contributed by atoms with E-state index < -0.39 is 0 Å². The number of hydrogen-bond donors (Lipinski definition) is 5. The fraction of sp³-hybridized carbons (Fsp3) is 0.356. The third-order valence-corrected chi connectivity index (χ3v) is 22.2. The summed E-state index contributed by atoms with van der Waals surface area (Å²) in [7, 11) is 12.7. The van der Waals surface area contributed by atoms with Crippen LogP contribution in [0.5, 0.6) is 0 Å². The zero-order valence-electron chi connectivity index (χ0n) is 71.5. The number of nitrogens with zero attached hydrogens (tertiary/aromatic N) is 24. The standard InChI is InChI=1S/C90H103N29O5/c1-11-34-93-48-68(45-91)59-15-21-62(22-16-59)86-81-72(106-115(86)9)30-27-66-52-97-89(104-84(66)81)100-74-32-38-118(109-74)54-77(121)112(6)40-43-123-41-35-94-47-67(44-57(3)12-2)58-13-19-61(20-14-58)85-79-70(105-114(85)8)28-25-64-51-98-90(103-82(64)79)101-75-33-39-119(110-75)55-78(122)113(7)56-124-42-36-95-49-69(46-92)60-17-23-63(24-18-60)87-80-71(107-116(87)10)29-26-65-50-96-88(102-83(65)80)99-73-31-37-117(108-73)53-76(120)111(4)5/h13-24,31-33,37-39,44-52,57,68-69,91-92H,11-12,25-30,34-36,40-43,53-56H2,1-10H3,(H,96,99,102,108)(H,97,100,104,109)(H,98,101,103,110)/b67-44+,91-45?,92-46?,93-48?,94-47?,95-49?. The molecule has 12 aromatic rings. The molecule has 5 N–H and O–H groups in total. The molecule has 0 bridgehead atoms. The van der Waals surface area contributed by atoms with Crippen molar-refractivity contribution in [3.8, 4) is 67.5 Å². The summed E-state index contributed by atoms with van der Waals surface area (Å²) >= 11 is 0. The lowest BCUT2D eigenvalue weighted by atomic mass is 9.91. The van der Waals surface area contributed by atoms with Gasteiger partial charge in [0.05, 0.1) is 96.0 Å². The van der Waals surface area contributed by atoms with Crippen LogP contribution in [0, 0.1) is 16.7 Å². The quantitative estimate of drug-likeness (QED) is 0.0136. The van der Waals surface area contributed by atoms with Crippen molar-refractivity contribution >= 4 is 89.7 Å². The van der Waals surface area contributed by atoms with Gasteiger partial charge in [-0.05, 0) is 89.8 Å². The molecule has 34 nitrogen and oxygen atoms in total. The molecule has 3 aromatic carbocycles. The number of likely N-dealkylation sites (N-methyl/N-ethyl adjacent to an activating group) is 3. The van der Waals surface area contributed by atoms with Crippen molar-refractivity contribution in [3.63, 3.8) is 0 Å². The number of carbonyl (C=O) groups excluding carboxylic acids is 3. The zero-order valence-corrected chi connectivity index (χ0v) is 71.5. The number of aryl methyl sites for hydroxylation is 9. The highest BCUT2D eigenvalue weighted by Crippen LogP contribution is 2.44. The van der Waals surface area contributed by atoms with Crippen LogP contribution >= 0.6 is 0 Å². The van der Waals surface area contributed by atoms with Gasteiger partial charge in [-0.2, -0.15) is 30.6 Å². The normalized spacial score (nSPS) is 13.5. The summed E-state index contributed by atoms with van der Waals surface area (Å²) in [6.45, 7) is 9.49. The Bertz CT molecular complexity index is 5980. The molecular weight excluding hydrogens is 1570 g/mol. The molecule has 0 radical (unpaired) electrons. The van der Waals surface area contributed by atoms with E-state index in [0.717, 1.165) is 181 Å². The molecular formula is C90H103N29O5. The van der Waals surface area contributed by atoms with Gasteiger partial charge in [-0.1, -0.05) is 106 Å². The lowest BCUT2D eigenvalue weighted by molar-refractivity contribution is -0.135. The van der Waals surface area contributed by atoms with Crippen LogP contribution in [-0.2, 0) is 103 Å². The van der Waals surface area contributed by atoms with Crippen LogP contribution in [0.4, 0.5) is 35.3 Å². The minimum absolute atomic E-state index is 0.0260. The number of benzene rings is 3. The van der Waals surface area contributed by atoms with Crippen molar-refractivity contribution in [2.75, 3.05) is 96.9 Å². The van der Waals surface area contributed by atoms with E-state index in [2.05, 4.69) is 114 Å². The van der Waals surface area contributed by atoms with Gasteiger partial charge in [0.1, 0.15) is 26.4 Å². The number of amides is 3. The van der Waals surface area contributed by atoms with Gasteiger partial charge >= 0.3 is 0 Å². The Morgan fingerprint density at radius 1 is 0.492 bits per heavy atom. The Hall–Kier alpha value is -14.0. The van der Waals surface area contributed by atoms with E-state index in [0.29, 0.717) is 74.1 Å². The van der Waals surface area contributed by atoms with Crippen molar-refractivity contribution in [3.05, 3.63) is 185 Å². The number of carbonyl (C=O) groups is 3. The average Bonchev–Trinajstić information content (AvgIpc) is 1.62. The van der Waals surface area contributed by atoms with E-state index in [1.54, 1.807) is 90.1 Å².